The quantitative estimate of drug-likeness (QED) is 0.426. The molecule has 3 fully saturated rings. The number of aliphatic hydroxyl groups excluding tert-OH is 1. The Morgan fingerprint density at radius 1 is 1.12 bits per heavy atom. The van der Waals surface area contributed by atoms with Gasteiger partial charge in [0.2, 0.25) is 11.8 Å². The first kappa shape index (κ1) is 29.4. The molecule has 8 heteroatoms. The molecular weight excluding hydrogens is 534 g/mol. The lowest BCUT2D eigenvalue weighted by Gasteiger charge is -2.42. The Hall–Kier alpha value is -3.10. The summed E-state index contributed by atoms with van der Waals surface area (Å²) in [5.41, 5.74) is 0.731. The summed E-state index contributed by atoms with van der Waals surface area (Å²) in [7, 11) is 1.74. The molecule has 2 bridgehead atoms. The molecule has 3 heterocycles. The van der Waals surface area contributed by atoms with E-state index >= 15 is 0 Å². The fourth-order valence-electron chi connectivity index (χ4n) is 7.48. The minimum absolute atomic E-state index is 0.0350. The third kappa shape index (κ3) is 4.50. The van der Waals surface area contributed by atoms with Crippen molar-refractivity contribution >= 4 is 45.9 Å². The van der Waals surface area contributed by atoms with Gasteiger partial charge in [-0.1, -0.05) is 63.3 Å². The molecule has 0 saturated carbocycles. The topological polar surface area (TPSA) is 81.2 Å². The van der Waals surface area contributed by atoms with Gasteiger partial charge in [-0.05, 0) is 41.2 Å². The van der Waals surface area contributed by atoms with Crippen molar-refractivity contribution < 1.29 is 19.5 Å². The molecule has 5 rings (SSSR count). The van der Waals surface area contributed by atoms with Crippen LogP contribution in [-0.4, -0.2) is 81.5 Å². The largest absolute Gasteiger partial charge is 0.394 e. The van der Waals surface area contributed by atoms with Gasteiger partial charge in [-0.25, -0.2) is 0 Å². The van der Waals surface area contributed by atoms with Gasteiger partial charge in [-0.15, -0.1) is 24.9 Å². The summed E-state index contributed by atoms with van der Waals surface area (Å²) in [6, 6.07) is 12.6. The average Bonchev–Trinajstić information content (AvgIpc) is 3.55. The van der Waals surface area contributed by atoms with Crippen LogP contribution in [0.2, 0.25) is 0 Å². The van der Waals surface area contributed by atoms with Crippen LogP contribution >= 0.6 is 11.8 Å². The van der Waals surface area contributed by atoms with Crippen LogP contribution in [0.1, 0.15) is 27.2 Å². The van der Waals surface area contributed by atoms with Gasteiger partial charge in [-0.3, -0.25) is 14.4 Å². The number of carbonyl (C=O) groups excluding carboxylic acids is 3. The van der Waals surface area contributed by atoms with Crippen LogP contribution in [0.3, 0.4) is 0 Å². The fraction of sp³-hybridized carbons (Fsp3) is 0.485. The number of hydrogen-bond donors (Lipinski definition) is 1. The van der Waals surface area contributed by atoms with Gasteiger partial charge in [0.15, 0.2) is 0 Å². The SMILES string of the molecule is C=CCN(C)C(=O)[C@@H]1[C@@H]2CC(C)C3(S2)C(C(=O)N(CC=C)c2ccc4ccccc4c2)N([C@@H](CO)C(C)C)C(=O)[C@H]13. The highest BCUT2D eigenvalue weighted by Crippen LogP contribution is 2.69. The summed E-state index contributed by atoms with van der Waals surface area (Å²) in [5, 5.41) is 12.6. The van der Waals surface area contributed by atoms with Gasteiger partial charge in [0.25, 0.3) is 5.91 Å². The predicted octanol–water partition coefficient (Wildman–Crippen LogP) is 4.36. The predicted molar refractivity (Wildman–Crippen MR) is 166 cm³/mol. The maximum absolute atomic E-state index is 14.9. The second-order valence-electron chi connectivity index (χ2n) is 12.1. The second-order valence-corrected chi connectivity index (χ2v) is 13.6. The number of anilines is 1. The Kier molecular flexibility index (Phi) is 8.09. The summed E-state index contributed by atoms with van der Waals surface area (Å²) in [6.07, 6.45) is 4.14. The van der Waals surface area contributed by atoms with Crippen molar-refractivity contribution in [3.8, 4) is 0 Å². The minimum atomic E-state index is -0.821. The van der Waals surface area contributed by atoms with E-state index in [9.17, 15) is 19.5 Å². The number of thioether (sulfide) groups is 1. The minimum Gasteiger partial charge on any atom is -0.394 e. The number of fused-ring (bicyclic) bond motifs is 2. The first-order valence-electron chi connectivity index (χ1n) is 14.5. The molecular formula is C33H41N3O4S. The van der Waals surface area contributed by atoms with E-state index < -0.39 is 28.7 Å². The third-order valence-corrected chi connectivity index (χ3v) is 11.5. The molecule has 1 spiro atoms. The van der Waals surface area contributed by atoms with Crippen LogP contribution in [0.25, 0.3) is 10.8 Å². The standard InChI is InChI=1S/C33H41N3O4S/c1-7-15-34(6)30(38)27-26-17-21(5)33(41-26)28(27)31(39)36(25(19-37)20(3)4)29(33)32(40)35(16-8-2)24-14-13-22-11-9-10-12-23(22)18-24/h7-14,18,20-21,25-29,37H,1-2,15-17,19H2,3-6H3/t21?,25-,26-,27+,28-,29?,33?/m0/s1. The van der Waals surface area contributed by atoms with E-state index in [0.717, 1.165) is 22.9 Å². The van der Waals surface area contributed by atoms with Gasteiger partial charge in [0.05, 0.1) is 29.2 Å². The number of nitrogens with zero attached hydrogens (tertiary/aromatic N) is 3. The normalized spacial score (nSPS) is 29.1. The lowest BCUT2D eigenvalue weighted by Crippen LogP contribution is -2.60. The number of likely N-dealkylation sites (tertiary alicyclic amines) is 1. The molecule has 2 aromatic carbocycles. The summed E-state index contributed by atoms with van der Waals surface area (Å²) in [6.45, 7) is 14.1. The van der Waals surface area contributed by atoms with Crippen LogP contribution in [0.5, 0.6) is 0 Å². The Morgan fingerprint density at radius 3 is 2.44 bits per heavy atom. The van der Waals surface area contributed by atoms with Gasteiger partial charge in [0.1, 0.15) is 6.04 Å². The Balaban J connectivity index is 1.65. The maximum atomic E-state index is 14.9. The smallest absolute Gasteiger partial charge is 0.251 e. The molecule has 3 unspecified atom stereocenters. The monoisotopic (exact) mass is 575 g/mol. The maximum Gasteiger partial charge on any atom is 0.251 e. The van der Waals surface area contributed by atoms with E-state index in [2.05, 4.69) is 20.1 Å². The molecule has 3 aliphatic rings. The fourth-order valence-corrected chi connectivity index (χ4v) is 9.88. The molecule has 0 aromatic heterocycles. The lowest BCUT2D eigenvalue weighted by atomic mass is 9.65. The number of likely N-dealkylation sites (N-methyl/N-ethyl adjacent to an activating group) is 1. The summed E-state index contributed by atoms with van der Waals surface area (Å²) < 4.78 is -0.771. The van der Waals surface area contributed by atoms with Crippen molar-refractivity contribution in [1.29, 1.82) is 0 Å². The van der Waals surface area contributed by atoms with E-state index in [-0.39, 0.29) is 48.0 Å². The molecule has 41 heavy (non-hydrogen) atoms. The highest BCUT2D eigenvalue weighted by Gasteiger charge is 2.77. The van der Waals surface area contributed by atoms with Gasteiger partial charge < -0.3 is 19.8 Å². The van der Waals surface area contributed by atoms with Crippen LogP contribution < -0.4 is 4.90 Å². The van der Waals surface area contributed by atoms with Crippen LogP contribution in [-0.2, 0) is 14.4 Å². The highest BCUT2D eigenvalue weighted by atomic mass is 32.2. The molecule has 0 radical (unpaired) electrons. The molecule has 218 valence electrons. The van der Waals surface area contributed by atoms with Crippen LogP contribution in [0, 0.1) is 23.7 Å². The number of hydrogen-bond acceptors (Lipinski definition) is 5. The van der Waals surface area contributed by atoms with Crippen molar-refractivity contribution in [3.63, 3.8) is 0 Å². The zero-order chi connectivity index (χ0) is 29.6. The highest BCUT2D eigenvalue weighted by molar-refractivity contribution is 8.02. The molecule has 7 nitrogen and oxygen atoms in total. The number of benzene rings is 2. The van der Waals surface area contributed by atoms with E-state index in [1.165, 1.54) is 0 Å². The Bertz CT molecular complexity index is 1380. The van der Waals surface area contributed by atoms with Crippen molar-refractivity contribution in [3.05, 3.63) is 67.8 Å². The molecule has 1 N–H and O–H groups in total. The van der Waals surface area contributed by atoms with Gasteiger partial charge >= 0.3 is 0 Å². The van der Waals surface area contributed by atoms with Crippen LogP contribution in [0.4, 0.5) is 5.69 Å². The molecule has 0 aliphatic carbocycles. The number of aliphatic hydroxyl groups is 1. The summed E-state index contributed by atoms with van der Waals surface area (Å²) in [5.74, 6) is -1.67. The van der Waals surface area contributed by atoms with Gasteiger partial charge in [0, 0.05) is 31.1 Å². The van der Waals surface area contributed by atoms with Gasteiger partial charge in [-0.2, -0.15) is 0 Å². The summed E-state index contributed by atoms with van der Waals surface area (Å²) in [4.78, 5) is 48.3. The molecule has 3 aliphatic heterocycles. The van der Waals surface area contributed by atoms with Crippen molar-refractivity contribution in [1.82, 2.24) is 9.80 Å². The lowest BCUT2D eigenvalue weighted by molar-refractivity contribution is -0.145. The van der Waals surface area contributed by atoms with Crippen molar-refractivity contribution in [2.75, 3.05) is 31.6 Å². The van der Waals surface area contributed by atoms with E-state index in [1.54, 1.807) is 45.7 Å². The second kappa shape index (κ2) is 11.3. The van der Waals surface area contributed by atoms with Crippen molar-refractivity contribution in [2.24, 2.45) is 23.7 Å². The molecule has 7 atom stereocenters. The Labute approximate surface area is 247 Å². The van der Waals surface area contributed by atoms with E-state index in [1.807, 2.05) is 56.3 Å². The molecule has 3 saturated heterocycles. The molecule has 3 amide bonds. The van der Waals surface area contributed by atoms with Crippen LogP contribution in [0.15, 0.2) is 67.8 Å². The van der Waals surface area contributed by atoms with E-state index in [0.29, 0.717) is 6.54 Å². The number of amides is 3. The summed E-state index contributed by atoms with van der Waals surface area (Å²) >= 11 is 1.66. The molecule has 2 aromatic rings. The number of carbonyl (C=O) groups is 3. The van der Waals surface area contributed by atoms with E-state index in [4.69, 9.17) is 0 Å². The first-order chi connectivity index (χ1) is 19.6. The third-order valence-electron chi connectivity index (χ3n) is 9.42. The number of rotatable bonds is 10. The average molecular weight is 576 g/mol. The first-order valence-corrected chi connectivity index (χ1v) is 15.4. The van der Waals surface area contributed by atoms with Crippen molar-refractivity contribution in [2.45, 2.75) is 49.3 Å². The zero-order valence-electron chi connectivity index (χ0n) is 24.4. The zero-order valence-corrected chi connectivity index (χ0v) is 25.2. The Morgan fingerprint density at radius 2 is 1.80 bits per heavy atom.